The van der Waals surface area contributed by atoms with Crippen LogP contribution in [0.2, 0.25) is 0 Å². The van der Waals surface area contributed by atoms with Crippen molar-refractivity contribution in [3.05, 3.63) is 41.2 Å². The second-order valence-electron chi connectivity index (χ2n) is 7.16. The molecule has 0 spiro atoms. The Labute approximate surface area is 169 Å². The fraction of sp³-hybridized carbons (Fsp3) is 0.444. The van der Waals surface area contributed by atoms with E-state index in [0.717, 1.165) is 21.1 Å². The number of nitrogens with zero attached hydrogens (tertiary/aromatic N) is 3. The summed E-state index contributed by atoms with van der Waals surface area (Å²) in [5.41, 5.74) is 2.45. The number of fused-ring (bicyclic) bond motifs is 1. The van der Waals surface area contributed by atoms with E-state index < -0.39 is 22.3 Å². The van der Waals surface area contributed by atoms with Gasteiger partial charge < -0.3 is 14.8 Å². The molecule has 3 heterocycles. The summed E-state index contributed by atoms with van der Waals surface area (Å²) in [6.07, 6.45) is 1.94. The second kappa shape index (κ2) is 7.32. The number of carbonyl (C=O) groups excluding carboxylic acids is 1. The maximum absolute atomic E-state index is 12.8. The summed E-state index contributed by atoms with van der Waals surface area (Å²) in [4.78, 5) is 12.8. The van der Waals surface area contributed by atoms with E-state index in [0.29, 0.717) is 17.9 Å². The van der Waals surface area contributed by atoms with Crippen LogP contribution in [0.25, 0.3) is 0 Å². The molecule has 2 aliphatic rings. The van der Waals surface area contributed by atoms with Crippen molar-refractivity contribution in [2.24, 2.45) is 7.05 Å². The molecule has 1 aromatic carbocycles. The smallest absolute Gasteiger partial charge is 0.280 e. The van der Waals surface area contributed by atoms with E-state index >= 15 is 0 Å². The maximum atomic E-state index is 12.8. The highest BCUT2D eigenvalue weighted by molar-refractivity contribution is 7.87. The van der Waals surface area contributed by atoms with Crippen molar-refractivity contribution in [3.63, 3.8) is 0 Å². The van der Waals surface area contributed by atoms with Gasteiger partial charge >= 0.3 is 0 Å². The van der Waals surface area contributed by atoms with E-state index in [4.69, 9.17) is 9.47 Å². The molecule has 2 N–H and O–H groups in total. The minimum atomic E-state index is -3.80. The summed E-state index contributed by atoms with van der Waals surface area (Å²) in [6, 6.07) is 4.06. The first kappa shape index (κ1) is 19.7. The zero-order valence-corrected chi connectivity index (χ0v) is 17.2. The van der Waals surface area contributed by atoms with Crippen molar-refractivity contribution in [2.45, 2.75) is 32.0 Å². The van der Waals surface area contributed by atoms with Crippen molar-refractivity contribution < 1.29 is 22.7 Å². The largest absolute Gasteiger partial charge is 0.454 e. The van der Waals surface area contributed by atoms with Crippen molar-refractivity contribution in [1.29, 1.82) is 0 Å². The van der Waals surface area contributed by atoms with E-state index in [9.17, 15) is 13.2 Å². The zero-order valence-electron chi connectivity index (χ0n) is 16.4. The van der Waals surface area contributed by atoms with Gasteiger partial charge in [-0.25, -0.2) is 0 Å². The number of aryl methyl sites for hydroxylation is 1. The minimum Gasteiger partial charge on any atom is -0.454 e. The summed E-state index contributed by atoms with van der Waals surface area (Å²) < 4.78 is 41.2. The van der Waals surface area contributed by atoms with Crippen LogP contribution in [0.4, 0.5) is 0 Å². The normalized spacial score (nSPS) is 23.1. The molecule has 1 saturated heterocycles. The third kappa shape index (κ3) is 3.68. The van der Waals surface area contributed by atoms with Crippen molar-refractivity contribution in [3.8, 4) is 11.5 Å². The van der Waals surface area contributed by atoms with Gasteiger partial charge in [-0.2, -0.15) is 22.5 Å². The molecular weight excluding hydrogens is 398 g/mol. The minimum absolute atomic E-state index is 0.179. The van der Waals surface area contributed by atoms with Crippen molar-refractivity contribution in [2.75, 3.05) is 13.8 Å². The number of nitrogens with one attached hydrogen (secondary N) is 2. The summed E-state index contributed by atoms with van der Waals surface area (Å²) in [5, 5.41) is 7.01. The number of hydrogen-bond donors (Lipinski definition) is 2. The predicted octanol–water partition coefficient (Wildman–Crippen LogP) is 0.353. The topological polar surface area (TPSA) is 115 Å². The molecule has 0 radical (unpaired) electrons. The lowest BCUT2D eigenvalue weighted by Crippen LogP contribution is -2.57. The predicted molar refractivity (Wildman–Crippen MR) is 103 cm³/mol. The third-order valence-corrected chi connectivity index (χ3v) is 7.02. The van der Waals surface area contributed by atoms with Crippen LogP contribution in [0.1, 0.15) is 29.3 Å². The lowest BCUT2D eigenvalue weighted by molar-refractivity contribution is -0.125. The van der Waals surface area contributed by atoms with Gasteiger partial charge in [-0.1, -0.05) is 6.07 Å². The monoisotopic (exact) mass is 421 g/mol. The summed E-state index contributed by atoms with van der Waals surface area (Å²) in [7, 11) is -0.611. The molecule has 1 aromatic heterocycles. The van der Waals surface area contributed by atoms with Gasteiger partial charge in [0.1, 0.15) is 6.04 Å². The molecule has 156 valence electrons. The summed E-state index contributed by atoms with van der Waals surface area (Å²) in [5.74, 6) is 0.936. The third-order valence-electron chi connectivity index (χ3n) is 5.42. The van der Waals surface area contributed by atoms with Gasteiger partial charge in [-0.05, 0) is 31.0 Å². The van der Waals surface area contributed by atoms with E-state index in [1.807, 2.05) is 13.0 Å². The lowest BCUT2D eigenvalue weighted by atomic mass is 10.00. The Balaban J connectivity index is 1.49. The number of ether oxygens (including phenoxy) is 2. The fourth-order valence-electron chi connectivity index (χ4n) is 3.53. The van der Waals surface area contributed by atoms with E-state index in [-0.39, 0.29) is 19.2 Å². The molecule has 2 aliphatic heterocycles. The Morgan fingerprint density at radius 3 is 2.79 bits per heavy atom. The van der Waals surface area contributed by atoms with Gasteiger partial charge in [0.25, 0.3) is 10.2 Å². The number of aromatic nitrogens is 2. The molecule has 2 aromatic rings. The Bertz CT molecular complexity index is 1050. The Morgan fingerprint density at radius 1 is 1.31 bits per heavy atom. The van der Waals surface area contributed by atoms with Crippen LogP contribution in [-0.2, 0) is 28.6 Å². The van der Waals surface area contributed by atoms with Gasteiger partial charge in [0.05, 0.1) is 12.2 Å². The van der Waals surface area contributed by atoms with Crippen LogP contribution in [0.5, 0.6) is 11.5 Å². The average molecular weight is 421 g/mol. The van der Waals surface area contributed by atoms with E-state index in [1.165, 1.54) is 7.05 Å². The molecule has 0 unspecified atom stereocenters. The van der Waals surface area contributed by atoms with Crippen LogP contribution in [0.3, 0.4) is 0 Å². The van der Waals surface area contributed by atoms with Crippen LogP contribution >= 0.6 is 0 Å². The van der Waals surface area contributed by atoms with Gasteiger partial charge in [0, 0.05) is 31.9 Å². The highest BCUT2D eigenvalue weighted by Crippen LogP contribution is 2.33. The second-order valence-corrected chi connectivity index (χ2v) is 8.92. The highest BCUT2D eigenvalue weighted by atomic mass is 32.2. The molecule has 2 atom stereocenters. The molecule has 0 aliphatic carbocycles. The molecular formula is C18H23N5O5S. The number of carbonyl (C=O) groups is 1. The van der Waals surface area contributed by atoms with Crippen LogP contribution in [0, 0.1) is 6.92 Å². The number of hydrogen-bond acceptors (Lipinski definition) is 6. The molecule has 0 saturated carbocycles. The van der Waals surface area contributed by atoms with Crippen LogP contribution in [-0.4, -0.2) is 48.3 Å². The average Bonchev–Trinajstić information content (AvgIpc) is 3.28. The first-order chi connectivity index (χ1) is 13.8. The van der Waals surface area contributed by atoms with E-state index in [2.05, 4.69) is 15.1 Å². The first-order valence-electron chi connectivity index (χ1n) is 9.16. The Kier molecular flexibility index (Phi) is 4.97. The zero-order chi connectivity index (χ0) is 20.8. The first-order valence-corrected chi connectivity index (χ1v) is 10.6. The van der Waals surface area contributed by atoms with Gasteiger partial charge in [0.15, 0.2) is 11.5 Å². The fourth-order valence-corrected chi connectivity index (χ4v) is 4.79. The number of rotatable bonds is 4. The van der Waals surface area contributed by atoms with Gasteiger partial charge in [-0.3, -0.25) is 9.48 Å². The number of likely N-dealkylation sites (N-methyl/N-ethyl adjacent to an activating group) is 1. The molecule has 1 amide bonds. The van der Waals surface area contributed by atoms with Crippen molar-refractivity contribution >= 4 is 16.1 Å². The molecule has 4 rings (SSSR count). The van der Waals surface area contributed by atoms with Gasteiger partial charge in [-0.15, -0.1) is 0 Å². The quantitative estimate of drug-likeness (QED) is 0.736. The molecule has 11 heteroatoms. The maximum Gasteiger partial charge on any atom is 0.280 e. The molecule has 1 fully saturated rings. The molecule has 29 heavy (non-hydrogen) atoms. The highest BCUT2D eigenvalue weighted by Gasteiger charge is 2.41. The van der Waals surface area contributed by atoms with E-state index in [1.54, 1.807) is 30.1 Å². The van der Waals surface area contributed by atoms with Crippen molar-refractivity contribution in [1.82, 2.24) is 24.1 Å². The van der Waals surface area contributed by atoms with Crippen LogP contribution < -0.4 is 19.5 Å². The summed E-state index contributed by atoms with van der Waals surface area (Å²) in [6.45, 7) is 2.30. The molecule has 10 nitrogen and oxygen atoms in total. The Hall–Kier alpha value is -2.63. The van der Waals surface area contributed by atoms with Gasteiger partial charge in [0.2, 0.25) is 12.7 Å². The molecule has 0 bridgehead atoms. The number of amides is 1. The number of benzene rings is 1. The standard InChI is InChI=1S/C18H23N5O5S/c1-11-13(9-20-22(11)2)14-7-15(23(3)29(25,26)21-14)18(24)19-8-12-4-5-16-17(6-12)28-10-27-16/h4-6,9,14-15,21H,7-8,10H2,1-3H3,(H,19,24)/t14-,15-/m1/s1. The summed E-state index contributed by atoms with van der Waals surface area (Å²) >= 11 is 0. The Morgan fingerprint density at radius 2 is 2.07 bits per heavy atom. The lowest BCUT2D eigenvalue weighted by Gasteiger charge is -2.36. The SMILES string of the molecule is Cc1c([C@H]2C[C@H](C(=O)NCc3ccc4c(c3)OCO4)N(C)S(=O)(=O)N2)cnn1C. The van der Waals surface area contributed by atoms with Crippen LogP contribution in [0.15, 0.2) is 24.4 Å².